The Morgan fingerprint density at radius 1 is 1.19 bits per heavy atom. The van der Waals surface area contributed by atoms with Crippen LogP contribution in [0.15, 0.2) is 12.1 Å². The Morgan fingerprint density at radius 2 is 1.86 bits per heavy atom. The smallest absolute Gasteiger partial charge is 0.272 e. The molecule has 0 spiro atoms. The normalized spacial score (nSPS) is 11.4. The van der Waals surface area contributed by atoms with Crippen molar-refractivity contribution in [2.24, 2.45) is 5.14 Å². The quantitative estimate of drug-likeness (QED) is 0.448. The maximum atomic E-state index is 10.8. The Morgan fingerprint density at radius 3 is 2.43 bits per heavy atom. The van der Waals surface area contributed by atoms with Crippen molar-refractivity contribution in [3.05, 3.63) is 33.4 Å². The zero-order chi connectivity index (χ0) is 16.0. The highest BCUT2D eigenvalue weighted by Gasteiger charge is 2.13. The van der Waals surface area contributed by atoms with Crippen LogP contribution >= 0.6 is 0 Å². The standard InChI is InChI=1S/C13H20N2O5S/c1-10-9-13(11(2)8-12(10)15(16)17)20-6-4-3-5-7-21(14,18)19/h8-9H,3-7H2,1-2H3,(H2,14,18,19). The molecule has 2 N–H and O–H groups in total. The third kappa shape index (κ3) is 6.09. The van der Waals surface area contributed by atoms with Gasteiger partial charge in [0.1, 0.15) is 5.75 Å². The zero-order valence-electron chi connectivity index (χ0n) is 12.2. The second-order valence-corrected chi connectivity index (χ2v) is 6.67. The third-order valence-electron chi connectivity index (χ3n) is 3.02. The SMILES string of the molecule is Cc1cc([N+](=O)[O-])c(C)cc1OCCCCCS(N)(=O)=O. The lowest BCUT2D eigenvalue weighted by molar-refractivity contribution is -0.385. The van der Waals surface area contributed by atoms with E-state index in [0.29, 0.717) is 42.7 Å². The summed E-state index contributed by atoms with van der Waals surface area (Å²) in [6.07, 6.45) is 1.90. The fraction of sp³-hybridized carbons (Fsp3) is 0.538. The van der Waals surface area contributed by atoms with Crippen molar-refractivity contribution >= 4 is 15.7 Å². The number of nitrogens with zero attached hydrogens (tertiary/aromatic N) is 1. The monoisotopic (exact) mass is 316 g/mol. The van der Waals surface area contributed by atoms with E-state index in [4.69, 9.17) is 9.88 Å². The summed E-state index contributed by atoms with van der Waals surface area (Å²) in [5.41, 5.74) is 1.33. The first-order valence-corrected chi connectivity index (χ1v) is 8.31. The summed E-state index contributed by atoms with van der Waals surface area (Å²) in [7, 11) is -3.39. The van der Waals surface area contributed by atoms with Crippen LogP contribution < -0.4 is 9.88 Å². The average Bonchev–Trinajstić information content (AvgIpc) is 2.35. The van der Waals surface area contributed by atoms with E-state index in [1.54, 1.807) is 19.9 Å². The molecule has 1 rings (SSSR count). The van der Waals surface area contributed by atoms with Gasteiger partial charge in [-0.1, -0.05) is 0 Å². The number of unbranched alkanes of at least 4 members (excludes halogenated alkanes) is 2. The summed E-state index contributed by atoms with van der Waals surface area (Å²) in [6.45, 7) is 3.85. The maximum Gasteiger partial charge on any atom is 0.272 e. The Hall–Kier alpha value is -1.67. The molecule has 0 unspecified atom stereocenters. The fourth-order valence-corrected chi connectivity index (χ4v) is 2.50. The Balaban J connectivity index is 2.46. The van der Waals surface area contributed by atoms with Gasteiger partial charge in [0.05, 0.1) is 17.3 Å². The molecule has 1 aromatic carbocycles. The van der Waals surface area contributed by atoms with Gasteiger partial charge in [-0.2, -0.15) is 0 Å². The summed E-state index contributed by atoms with van der Waals surface area (Å²) in [5.74, 6) is 0.590. The predicted molar refractivity (Wildman–Crippen MR) is 79.9 cm³/mol. The molecule has 0 aliphatic carbocycles. The van der Waals surface area contributed by atoms with E-state index in [1.807, 2.05) is 0 Å². The summed E-state index contributed by atoms with van der Waals surface area (Å²) in [4.78, 5) is 10.4. The number of rotatable bonds is 8. The lowest BCUT2D eigenvalue weighted by atomic mass is 10.1. The molecule has 0 aliphatic heterocycles. The van der Waals surface area contributed by atoms with E-state index in [1.165, 1.54) is 6.07 Å². The van der Waals surface area contributed by atoms with Crippen LogP contribution in [0, 0.1) is 24.0 Å². The van der Waals surface area contributed by atoms with Gasteiger partial charge in [-0.3, -0.25) is 10.1 Å². The molecule has 118 valence electrons. The number of primary sulfonamides is 1. The molecule has 21 heavy (non-hydrogen) atoms. The topological polar surface area (TPSA) is 113 Å². The average molecular weight is 316 g/mol. The highest BCUT2D eigenvalue weighted by atomic mass is 32.2. The minimum Gasteiger partial charge on any atom is -0.493 e. The molecule has 0 fully saturated rings. The van der Waals surface area contributed by atoms with Crippen molar-refractivity contribution in [3.63, 3.8) is 0 Å². The second-order valence-electron chi connectivity index (χ2n) is 4.94. The highest BCUT2D eigenvalue weighted by molar-refractivity contribution is 7.89. The summed E-state index contributed by atoms with van der Waals surface area (Å²) in [5, 5.41) is 15.7. The highest BCUT2D eigenvalue weighted by Crippen LogP contribution is 2.27. The van der Waals surface area contributed by atoms with Gasteiger partial charge in [-0.15, -0.1) is 0 Å². The van der Waals surface area contributed by atoms with Gasteiger partial charge in [0.2, 0.25) is 10.0 Å². The van der Waals surface area contributed by atoms with Gasteiger partial charge in [-0.05, 0) is 44.7 Å². The molecule has 0 bridgehead atoms. The van der Waals surface area contributed by atoms with Crippen LogP contribution in [0.1, 0.15) is 30.4 Å². The van der Waals surface area contributed by atoms with Gasteiger partial charge >= 0.3 is 0 Å². The Bertz CT molecular complexity index is 613. The van der Waals surface area contributed by atoms with E-state index < -0.39 is 14.9 Å². The van der Waals surface area contributed by atoms with Crippen molar-refractivity contribution in [2.45, 2.75) is 33.1 Å². The lowest BCUT2D eigenvalue weighted by Crippen LogP contribution is -2.16. The minimum atomic E-state index is -3.39. The van der Waals surface area contributed by atoms with Gasteiger partial charge in [0.25, 0.3) is 5.69 Å². The molecule has 1 aromatic rings. The van der Waals surface area contributed by atoms with Gasteiger partial charge < -0.3 is 4.74 Å². The number of benzene rings is 1. The van der Waals surface area contributed by atoms with Crippen LogP contribution in [0.3, 0.4) is 0 Å². The first kappa shape index (κ1) is 17.4. The van der Waals surface area contributed by atoms with Crippen LogP contribution in [-0.2, 0) is 10.0 Å². The van der Waals surface area contributed by atoms with Gasteiger partial charge in [0.15, 0.2) is 0 Å². The number of hydrogen-bond donors (Lipinski definition) is 1. The lowest BCUT2D eigenvalue weighted by Gasteiger charge is -2.10. The number of ether oxygens (including phenoxy) is 1. The Labute approximate surface area is 124 Å². The third-order valence-corrected chi connectivity index (χ3v) is 3.88. The van der Waals surface area contributed by atoms with Crippen molar-refractivity contribution in [2.75, 3.05) is 12.4 Å². The molecule has 0 saturated carbocycles. The van der Waals surface area contributed by atoms with E-state index >= 15 is 0 Å². The maximum absolute atomic E-state index is 10.8. The van der Waals surface area contributed by atoms with E-state index in [0.717, 1.165) is 0 Å². The van der Waals surface area contributed by atoms with E-state index in [2.05, 4.69) is 0 Å². The summed E-state index contributed by atoms with van der Waals surface area (Å²) in [6, 6.07) is 3.14. The van der Waals surface area contributed by atoms with Crippen molar-refractivity contribution in [3.8, 4) is 5.75 Å². The minimum absolute atomic E-state index is 0.0251. The molecular formula is C13H20N2O5S. The first-order valence-electron chi connectivity index (χ1n) is 6.59. The van der Waals surface area contributed by atoms with Crippen LogP contribution in [-0.4, -0.2) is 25.7 Å². The largest absolute Gasteiger partial charge is 0.493 e. The van der Waals surface area contributed by atoms with Crippen LogP contribution in [0.5, 0.6) is 5.75 Å². The van der Waals surface area contributed by atoms with Crippen LogP contribution in [0.2, 0.25) is 0 Å². The summed E-state index contributed by atoms with van der Waals surface area (Å²) >= 11 is 0. The summed E-state index contributed by atoms with van der Waals surface area (Å²) < 4.78 is 27.1. The molecule has 0 amide bonds. The van der Waals surface area contributed by atoms with Crippen LogP contribution in [0.4, 0.5) is 5.69 Å². The number of nitro benzene ring substituents is 1. The van der Waals surface area contributed by atoms with Crippen LogP contribution in [0.25, 0.3) is 0 Å². The second kappa shape index (κ2) is 7.37. The van der Waals surface area contributed by atoms with Crippen molar-refractivity contribution in [1.29, 1.82) is 0 Å². The molecule has 0 saturated heterocycles. The number of aryl methyl sites for hydroxylation is 2. The molecular weight excluding hydrogens is 296 g/mol. The van der Waals surface area contributed by atoms with Crippen molar-refractivity contribution in [1.82, 2.24) is 0 Å². The predicted octanol–water partition coefficient (Wildman–Crippen LogP) is 2.05. The molecule has 0 aromatic heterocycles. The van der Waals surface area contributed by atoms with Gasteiger partial charge in [0, 0.05) is 11.6 Å². The number of sulfonamides is 1. The number of nitrogens with two attached hydrogens (primary N) is 1. The van der Waals surface area contributed by atoms with Crippen molar-refractivity contribution < 1.29 is 18.1 Å². The molecule has 0 radical (unpaired) electrons. The number of hydrogen-bond acceptors (Lipinski definition) is 5. The molecule has 7 nitrogen and oxygen atoms in total. The van der Waals surface area contributed by atoms with Gasteiger partial charge in [-0.25, -0.2) is 13.6 Å². The molecule has 0 heterocycles. The fourth-order valence-electron chi connectivity index (χ4n) is 1.89. The Kier molecular flexibility index (Phi) is 6.10. The van der Waals surface area contributed by atoms with E-state index in [-0.39, 0.29) is 11.4 Å². The molecule has 0 aliphatic rings. The van der Waals surface area contributed by atoms with E-state index in [9.17, 15) is 18.5 Å². The molecule has 0 atom stereocenters. The first-order chi connectivity index (χ1) is 9.70. The zero-order valence-corrected chi connectivity index (χ0v) is 13.0. The molecule has 8 heteroatoms. The number of nitro groups is 1.